The van der Waals surface area contributed by atoms with Crippen LogP contribution < -0.4 is 4.90 Å². The molecule has 0 spiro atoms. The van der Waals surface area contributed by atoms with E-state index >= 15 is 0 Å². The highest BCUT2D eigenvalue weighted by atomic mass is 32.2. The molecule has 2 saturated heterocycles. The summed E-state index contributed by atoms with van der Waals surface area (Å²) in [5.74, 6) is 0.915. The van der Waals surface area contributed by atoms with Gasteiger partial charge >= 0.3 is 0 Å². The maximum absolute atomic E-state index is 12.5. The molecule has 2 fully saturated rings. The minimum Gasteiger partial charge on any atom is -0.335 e. The van der Waals surface area contributed by atoms with Crippen LogP contribution in [0.3, 0.4) is 0 Å². The van der Waals surface area contributed by atoms with E-state index in [1.807, 2.05) is 35.2 Å². The molecule has 148 valence electrons. The van der Waals surface area contributed by atoms with Gasteiger partial charge in [0.25, 0.3) is 5.91 Å². The lowest BCUT2D eigenvalue weighted by Crippen LogP contribution is -3.14. The van der Waals surface area contributed by atoms with Gasteiger partial charge in [0.15, 0.2) is 6.54 Å². The standard InChI is InChI=1S/C20H29N3O3S/c1-18-7-10-21(11-8-18)17-20(24)22-12-14-23(15-13-22)27(25,26)16-9-19-5-3-2-4-6-19/h2-6,9,16,18H,7-8,10-15,17H2,1H3/p+1/b16-9+. The third-order valence-corrected chi connectivity index (χ3v) is 7.13. The highest BCUT2D eigenvalue weighted by Crippen LogP contribution is 2.12. The van der Waals surface area contributed by atoms with E-state index in [4.69, 9.17) is 0 Å². The fourth-order valence-electron chi connectivity index (χ4n) is 3.68. The van der Waals surface area contributed by atoms with E-state index in [2.05, 4.69) is 6.92 Å². The Labute approximate surface area is 162 Å². The molecule has 2 aliphatic heterocycles. The lowest BCUT2D eigenvalue weighted by Gasteiger charge is -2.34. The summed E-state index contributed by atoms with van der Waals surface area (Å²) in [5, 5.41) is 1.26. The number of hydrogen-bond donors (Lipinski definition) is 1. The number of rotatable bonds is 5. The number of piperidine rings is 1. The number of amides is 1. The van der Waals surface area contributed by atoms with Gasteiger partial charge < -0.3 is 9.80 Å². The van der Waals surface area contributed by atoms with Gasteiger partial charge in [-0.3, -0.25) is 4.79 Å². The Balaban J connectivity index is 1.49. The summed E-state index contributed by atoms with van der Waals surface area (Å²) in [6.45, 7) is 6.59. The molecule has 1 aromatic rings. The molecule has 0 radical (unpaired) electrons. The number of carbonyl (C=O) groups excluding carboxylic acids is 1. The SMILES string of the molecule is CC1CC[NH+](CC(=O)N2CCN(S(=O)(=O)/C=C/c3ccccc3)CC2)CC1. The van der Waals surface area contributed by atoms with Gasteiger partial charge in [-0.25, -0.2) is 8.42 Å². The minimum atomic E-state index is -3.45. The molecular formula is C20H30N3O3S+. The summed E-state index contributed by atoms with van der Waals surface area (Å²) in [7, 11) is -3.45. The molecule has 0 aromatic heterocycles. The zero-order chi connectivity index (χ0) is 19.3. The first kappa shape index (κ1) is 20.0. The lowest BCUT2D eigenvalue weighted by atomic mass is 9.99. The van der Waals surface area contributed by atoms with Crippen molar-refractivity contribution in [3.05, 3.63) is 41.3 Å². The molecule has 6 nitrogen and oxygen atoms in total. The van der Waals surface area contributed by atoms with Crippen molar-refractivity contribution in [3.8, 4) is 0 Å². The summed E-state index contributed by atoms with van der Waals surface area (Å²) in [5.41, 5.74) is 0.855. The van der Waals surface area contributed by atoms with Crippen molar-refractivity contribution < 1.29 is 18.1 Å². The number of sulfonamides is 1. The van der Waals surface area contributed by atoms with Gasteiger partial charge in [-0.2, -0.15) is 4.31 Å². The van der Waals surface area contributed by atoms with E-state index in [0.29, 0.717) is 32.7 Å². The second-order valence-corrected chi connectivity index (χ2v) is 9.47. The Morgan fingerprint density at radius 3 is 2.37 bits per heavy atom. The zero-order valence-electron chi connectivity index (χ0n) is 16.0. The Morgan fingerprint density at radius 1 is 1.11 bits per heavy atom. The van der Waals surface area contributed by atoms with Gasteiger partial charge in [0, 0.05) is 31.6 Å². The molecule has 1 N–H and O–H groups in total. The molecule has 1 amide bonds. The summed E-state index contributed by atoms with van der Waals surface area (Å²) >= 11 is 0. The fraction of sp³-hybridized carbons (Fsp3) is 0.550. The first-order valence-corrected chi connectivity index (χ1v) is 11.3. The van der Waals surface area contributed by atoms with Crippen LogP contribution in [0.1, 0.15) is 25.3 Å². The van der Waals surface area contributed by atoms with E-state index in [9.17, 15) is 13.2 Å². The molecule has 0 unspecified atom stereocenters. The summed E-state index contributed by atoms with van der Waals surface area (Å²) in [4.78, 5) is 15.7. The van der Waals surface area contributed by atoms with Crippen LogP contribution in [0.4, 0.5) is 0 Å². The zero-order valence-corrected chi connectivity index (χ0v) is 16.8. The molecule has 0 saturated carbocycles. The van der Waals surface area contributed by atoms with Crippen molar-refractivity contribution in [1.82, 2.24) is 9.21 Å². The topological polar surface area (TPSA) is 62.1 Å². The van der Waals surface area contributed by atoms with E-state index in [-0.39, 0.29) is 5.91 Å². The van der Waals surface area contributed by atoms with Crippen LogP contribution in [0.25, 0.3) is 6.08 Å². The highest BCUT2D eigenvalue weighted by Gasteiger charge is 2.29. The van der Waals surface area contributed by atoms with Gasteiger partial charge in [0.05, 0.1) is 13.1 Å². The van der Waals surface area contributed by atoms with Gasteiger partial charge in [0.2, 0.25) is 10.0 Å². The van der Waals surface area contributed by atoms with Crippen LogP contribution in [0.15, 0.2) is 35.7 Å². The third kappa shape index (κ3) is 5.64. The first-order valence-electron chi connectivity index (χ1n) is 9.79. The van der Waals surface area contributed by atoms with E-state index in [0.717, 1.165) is 24.6 Å². The van der Waals surface area contributed by atoms with Gasteiger partial charge in [0.1, 0.15) is 0 Å². The average molecular weight is 393 g/mol. The number of quaternary nitrogens is 1. The molecule has 2 aliphatic rings. The Bertz CT molecular complexity index is 748. The Hall–Kier alpha value is -1.70. The second kappa shape index (κ2) is 8.99. The van der Waals surface area contributed by atoms with Crippen molar-refractivity contribution in [2.45, 2.75) is 19.8 Å². The smallest absolute Gasteiger partial charge is 0.277 e. The summed E-state index contributed by atoms with van der Waals surface area (Å²) in [6, 6.07) is 9.39. The van der Waals surface area contributed by atoms with Crippen LogP contribution in [0, 0.1) is 5.92 Å². The first-order chi connectivity index (χ1) is 12.9. The highest BCUT2D eigenvalue weighted by molar-refractivity contribution is 7.92. The molecular weight excluding hydrogens is 362 g/mol. The van der Waals surface area contributed by atoms with Gasteiger partial charge in [-0.1, -0.05) is 37.3 Å². The Kier molecular flexibility index (Phi) is 6.68. The predicted molar refractivity (Wildman–Crippen MR) is 107 cm³/mol. The molecule has 2 heterocycles. The monoisotopic (exact) mass is 392 g/mol. The molecule has 3 rings (SSSR count). The van der Waals surface area contributed by atoms with E-state index < -0.39 is 10.0 Å². The van der Waals surface area contributed by atoms with Gasteiger partial charge in [-0.05, 0) is 30.4 Å². The second-order valence-electron chi connectivity index (χ2n) is 7.65. The molecule has 27 heavy (non-hydrogen) atoms. The number of piperazine rings is 1. The largest absolute Gasteiger partial charge is 0.335 e. The normalized spacial score (nSPS) is 25.0. The van der Waals surface area contributed by atoms with Crippen LogP contribution in [-0.2, 0) is 14.8 Å². The van der Waals surface area contributed by atoms with Crippen molar-refractivity contribution in [2.24, 2.45) is 5.92 Å². The maximum Gasteiger partial charge on any atom is 0.277 e. The molecule has 0 aliphatic carbocycles. The van der Waals surface area contributed by atoms with Crippen LogP contribution in [-0.4, -0.2) is 69.3 Å². The van der Waals surface area contributed by atoms with Crippen LogP contribution >= 0.6 is 0 Å². The number of benzene rings is 1. The molecule has 1 aromatic carbocycles. The number of nitrogens with zero attached hydrogens (tertiary/aromatic N) is 2. The fourth-order valence-corrected chi connectivity index (χ4v) is 4.85. The lowest BCUT2D eigenvalue weighted by molar-refractivity contribution is -0.898. The summed E-state index contributed by atoms with van der Waals surface area (Å²) in [6.07, 6.45) is 3.98. The number of hydrogen-bond acceptors (Lipinski definition) is 3. The third-order valence-electron chi connectivity index (χ3n) is 5.57. The molecule has 0 bridgehead atoms. The van der Waals surface area contributed by atoms with Crippen molar-refractivity contribution in [1.29, 1.82) is 0 Å². The van der Waals surface area contributed by atoms with Crippen LogP contribution in [0.5, 0.6) is 0 Å². The van der Waals surface area contributed by atoms with E-state index in [1.54, 1.807) is 6.08 Å². The van der Waals surface area contributed by atoms with Crippen molar-refractivity contribution in [2.75, 3.05) is 45.8 Å². The molecule has 0 atom stereocenters. The summed E-state index contributed by atoms with van der Waals surface area (Å²) < 4.78 is 26.5. The van der Waals surface area contributed by atoms with Crippen molar-refractivity contribution >= 4 is 22.0 Å². The number of likely N-dealkylation sites (tertiary alicyclic amines) is 1. The van der Waals surface area contributed by atoms with Crippen LogP contribution in [0.2, 0.25) is 0 Å². The predicted octanol–water partition coefficient (Wildman–Crippen LogP) is 0.446. The maximum atomic E-state index is 12.5. The quantitative estimate of drug-likeness (QED) is 0.791. The average Bonchev–Trinajstić information content (AvgIpc) is 2.69. The van der Waals surface area contributed by atoms with E-state index in [1.165, 1.54) is 27.5 Å². The molecule has 7 heteroatoms. The number of carbonyl (C=O) groups is 1. The van der Waals surface area contributed by atoms with Crippen molar-refractivity contribution in [3.63, 3.8) is 0 Å². The number of nitrogens with one attached hydrogen (secondary N) is 1. The Morgan fingerprint density at radius 2 is 1.74 bits per heavy atom. The minimum absolute atomic E-state index is 0.149. The van der Waals surface area contributed by atoms with Gasteiger partial charge in [-0.15, -0.1) is 0 Å².